The number of halogens is 2. The molecule has 1 aliphatic rings. The molecule has 0 heterocycles. The molecule has 2 N–H and O–H groups in total. The second-order valence-electron chi connectivity index (χ2n) is 3.71. The van der Waals surface area contributed by atoms with Crippen LogP contribution in [0, 0.1) is 12.7 Å². The van der Waals surface area contributed by atoms with E-state index in [1.54, 1.807) is 6.07 Å². The molecular formula is C10H11ClFN. The van der Waals surface area contributed by atoms with E-state index in [4.69, 9.17) is 17.3 Å². The van der Waals surface area contributed by atoms with Gasteiger partial charge in [-0.15, -0.1) is 0 Å². The van der Waals surface area contributed by atoms with E-state index in [1.165, 1.54) is 6.07 Å². The predicted octanol–water partition coefficient (Wildman–Crippen LogP) is 2.74. The lowest BCUT2D eigenvalue weighted by Crippen LogP contribution is -2.21. The SMILES string of the molecule is Cc1ccc(F)c(C2(N)CC2)c1Cl. The first kappa shape index (κ1) is 8.97. The van der Waals surface area contributed by atoms with Crippen molar-refractivity contribution in [3.8, 4) is 0 Å². The first-order valence-electron chi connectivity index (χ1n) is 4.28. The van der Waals surface area contributed by atoms with Gasteiger partial charge in [0.05, 0.1) is 5.02 Å². The van der Waals surface area contributed by atoms with Gasteiger partial charge in [-0.2, -0.15) is 0 Å². The molecule has 1 nitrogen and oxygen atoms in total. The topological polar surface area (TPSA) is 26.0 Å². The summed E-state index contributed by atoms with van der Waals surface area (Å²) in [6, 6.07) is 3.11. The van der Waals surface area contributed by atoms with E-state index in [2.05, 4.69) is 0 Å². The lowest BCUT2D eigenvalue weighted by atomic mass is 10.0. The molecule has 3 heteroatoms. The fourth-order valence-corrected chi connectivity index (χ4v) is 1.84. The molecule has 1 aliphatic carbocycles. The highest BCUT2D eigenvalue weighted by Gasteiger charge is 2.43. The third-order valence-electron chi connectivity index (χ3n) is 2.57. The van der Waals surface area contributed by atoms with Gasteiger partial charge < -0.3 is 5.73 Å². The van der Waals surface area contributed by atoms with Crippen molar-refractivity contribution in [3.05, 3.63) is 34.1 Å². The molecule has 0 spiro atoms. The largest absolute Gasteiger partial charge is 0.321 e. The van der Waals surface area contributed by atoms with Crippen molar-refractivity contribution in [1.82, 2.24) is 0 Å². The van der Waals surface area contributed by atoms with E-state index >= 15 is 0 Å². The van der Waals surface area contributed by atoms with Crippen molar-refractivity contribution in [3.63, 3.8) is 0 Å². The Labute approximate surface area is 81.7 Å². The third-order valence-corrected chi connectivity index (χ3v) is 3.06. The van der Waals surface area contributed by atoms with Gasteiger partial charge in [0.25, 0.3) is 0 Å². The number of aryl methyl sites for hydroxylation is 1. The van der Waals surface area contributed by atoms with Crippen LogP contribution in [0.25, 0.3) is 0 Å². The Morgan fingerprint density at radius 3 is 2.62 bits per heavy atom. The van der Waals surface area contributed by atoms with E-state index in [9.17, 15) is 4.39 Å². The van der Waals surface area contributed by atoms with Gasteiger partial charge in [0, 0.05) is 11.1 Å². The van der Waals surface area contributed by atoms with Crippen LogP contribution >= 0.6 is 11.6 Å². The Kier molecular flexibility index (Phi) is 1.86. The van der Waals surface area contributed by atoms with Crippen molar-refractivity contribution in [2.75, 3.05) is 0 Å². The first-order valence-corrected chi connectivity index (χ1v) is 4.66. The monoisotopic (exact) mass is 199 g/mol. The van der Waals surface area contributed by atoms with Crippen molar-refractivity contribution < 1.29 is 4.39 Å². The normalized spacial score (nSPS) is 18.8. The summed E-state index contributed by atoms with van der Waals surface area (Å²) in [6.45, 7) is 1.86. The summed E-state index contributed by atoms with van der Waals surface area (Å²) in [5.41, 5.74) is 6.80. The molecule has 0 saturated heterocycles. The Hall–Kier alpha value is -0.600. The maximum absolute atomic E-state index is 13.4. The second kappa shape index (κ2) is 2.69. The molecule has 1 saturated carbocycles. The molecule has 1 aromatic carbocycles. The molecule has 1 aromatic rings. The average Bonchev–Trinajstić information content (AvgIpc) is 2.78. The number of hydrogen-bond donors (Lipinski definition) is 1. The molecule has 0 bridgehead atoms. The second-order valence-corrected chi connectivity index (χ2v) is 4.09. The zero-order chi connectivity index (χ0) is 9.64. The number of benzene rings is 1. The molecular weight excluding hydrogens is 189 g/mol. The molecule has 2 rings (SSSR count). The highest BCUT2D eigenvalue weighted by Crippen LogP contribution is 2.47. The summed E-state index contributed by atoms with van der Waals surface area (Å²) in [7, 11) is 0. The van der Waals surface area contributed by atoms with Gasteiger partial charge in [0.15, 0.2) is 0 Å². The summed E-state index contributed by atoms with van der Waals surface area (Å²) in [5, 5.41) is 0.486. The number of nitrogens with two attached hydrogens (primary N) is 1. The smallest absolute Gasteiger partial charge is 0.129 e. The van der Waals surface area contributed by atoms with Gasteiger partial charge in [-0.3, -0.25) is 0 Å². The lowest BCUT2D eigenvalue weighted by Gasteiger charge is -2.13. The Bertz CT molecular complexity index is 358. The van der Waals surface area contributed by atoms with Gasteiger partial charge in [-0.25, -0.2) is 4.39 Å². The van der Waals surface area contributed by atoms with Crippen LogP contribution in [-0.2, 0) is 5.54 Å². The fourth-order valence-electron chi connectivity index (χ4n) is 1.50. The zero-order valence-corrected chi connectivity index (χ0v) is 8.16. The highest BCUT2D eigenvalue weighted by atomic mass is 35.5. The van der Waals surface area contributed by atoms with Gasteiger partial charge >= 0.3 is 0 Å². The molecule has 0 aliphatic heterocycles. The number of rotatable bonds is 1. The van der Waals surface area contributed by atoms with E-state index in [1.807, 2.05) is 6.92 Å². The molecule has 0 radical (unpaired) electrons. The van der Waals surface area contributed by atoms with Crippen LogP contribution in [0.5, 0.6) is 0 Å². The van der Waals surface area contributed by atoms with E-state index in [0.29, 0.717) is 10.6 Å². The predicted molar refractivity (Wildman–Crippen MR) is 51.2 cm³/mol. The lowest BCUT2D eigenvalue weighted by molar-refractivity contribution is 0.577. The van der Waals surface area contributed by atoms with E-state index in [0.717, 1.165) is 18.4 Å². The van der Waals surface area contributed by atoms with Crippen molar-refractivity contribution in [1.29, 1.82) is 0 Å². The van der Waals surface area contributed by atoms with Crippen molar-refractivity contribution in [2.24, 2.45) is 5.73 Å². The van der Waals surface area contributed by atoms with Gasteiger partial charge in [-0.1, -0.05) is 17.7 Å². The molecule has 0 amide bonds. The molecule has 1 fully saturated rings. The van der Waals surface area contributed by atoms with E-state index < -0.39 is 5.54 Å². The third kappa shape index (κ3) is 1.34. The minimum absolute atomic E-state index is 0.282. The molecule has 0 atom stereocenters. The molecule has 0 unspecified atom stereocenters. The van der Waals surface area contributed by atoms with Crippen LogP contribution in [0.4, 0.5) is 4.39 Å². The van der Waals surface area contributed by atoms with Crippen LogP contribution in [0.3, 0.4) is 0 Å². The standard InChI is InChI=1S/C10H11ClFN/c1-6-2-3-7(12)8(9(6)11)10(13)4-5-10/h2-3H,4-5,13H2,1H3. The highest BCUT2D eigenvalue weighted by molar-refractivity contribution is 6.32. The average molecular weight is 200 g/mol. The maximum Gasteiger partial charge on any atom is 0.129 e. The summed E-state index contributed by atoms with van der Waals surface area (Å²) >= 11 is 6.00. The summed E-state index contributed by atoms with van der Waals surface area (Å²) in [4.78, 5) is 0. The van der Waals surface area contributed by atoms with E-state index in [-0.39, 0.29) is 5.82 Å². The van der Waals surface area contributed by atoms with Crippen LogP contribution in [0.1, 0.15) is 24.0 Å². The fraction of sp³-hybridized carbons (Fsp3) is 0.400. The number of hydrogen-bond acceptors (Lipinski definition) is 1. The van der Waals surface area contributed by atoms with Crippen LogP contribution < -0.4 is 5.73 Å². The summed E-state index contributed by atoms with van der Waals surface area (Å²) in [6.07, 6.45) is 1.65. The Morgan fingerprint density at radius 2 is 2.08 bits per heavy atom. The van der Waals surface area contributed by atoms with Crippen molar-refractivity contribution >= 4 is 11.6 Å². The quantitative estimate of drug-likeness (QED) is 0.740. The maximum atomic E-state index is 13.4. The summed E-state index contributed by atoms with van der Waals surface area (Å²) < 4.78 is 13.4. The van der Waals surface area contributed by atoms with Crippen LogP contribution in [0.2, 0.25) is 5.02 Å². The van der Waals surface area contributed by atoms with Crippen LogP contribution in [-0.4, -0.2) is 0 Å². The first-order chi connectivity index (χ1) is 6.04. The Balaban J connectivity index is 2.61. The van der Waals surface area contributed by atoms with Gasteiger partial charge in [-0.05, 0) is 31.4 Å². The minimum atomic E-state index is -0.493. The van der Waals surface area contributed by atoms with Crippen molar-refractivity contribution in [2.45, 2.75) is 25.3 Å². The summed E-state index contributed by atoms with van der Waals surface area (Å²) in [5.74, 6) is -0.282. The molecule has 70 valence electrons. The molecule has 0 aromatic heterocycles. The zero-order valence-electron chi connectivity index (χ0n) is 7.40. The van der Waals surface area contributed by atoms with Gasteiger partial charge in [0.1, 0.15) is 5.82 Å². The molecule has 13 heavy (non-hydrogen) atoms. The van der Waals surface area contributed by atoms with Gasteiger partial charge in [0.2, 0.25) is 0 Å². The van der Waals surface area contributed by atoms with Crippen LogP contribution in [0.15, 0.2) is 12.1 Å². The Morgan fingerprint density at radius 1 is 1.46 bits per heavy atom. The minimum Gasteiger partial charge on any atom is -0.321 e.